The lowest BCUT2D eigenvalue weighted by atomic mass is 10.1. The number of fused-ring (bicyclic) bond motifs is 1. The first-order valence-corrected chi connectivity index (χ1v) is 12.0. The Bertz CT molecular complexity index is 986. The highest BCUT2D eigenvalue weighted by molar-refractivity contribution is 7.50. The Labute approximate surface area is 185 Å². The SMILES string of the molecule is CCOC(=O)CCNP(=O)(O)OC[C@@H]1C[C@H](C)[C@H](n2cnc3c(OCC)nc(N)nc32)O1. The Morgan fingerprint density at radius 1 is 1.41 bits per heavy atom. The van der Waals surface area contributed by atoms with Gasteiger partial charge >= 0.3 is 13.7 Å². The van der Waals surface area contributed by atoms with Crippen LogP contribution in [0.3, 0.4) is 0 Å². The second-order valence-electron chi connectivity index (χ2n) is 7.28. The second kappa shape index (κ2) is 10.5. The van der Waals surface area contributed by atoms with Crippen molar-refractivity contribution in [1.82, 2.24) is 24.6 Å². The summed E-state index contributed by atoms with van der Waals surface area (Å²) in [5, 5.41) is 2.34. The summed E-state index contributed by atoms with van der Waals surface area (Å²) in [4.78, 5) is 34.0. The molecule has 14 heteroatoms. The van der Waals surface area contributed by atoms with Gasteiger partial charge in [-0.15, -0.1) is 0 Å². The molecule has 32 heavy (non-hydrogen) atoms. The van der Waals surface area contributed by atoms with Crippen molar-refractivity contribution < 1.29 is 33.0 Å². The number of aromatic nitrogens is 4. The van der Waals surface area contributed by atoms with E-state index in [9.17, 15) is 14.3 Å². The molecule has 1 fully saturated rings. The average Bonchev–Trinajstić information content (AvgIpc) is 3.30. The minimum Gasteiger partial charge on any atom is -0.476 e. The summed E-state index contributed by atoms with van der Waals surface area (Å²) in [5.41, 5.74) is 6.77. The van der Waals surface area contributed by atoms with Gasteiger partial charge in [0.1, 0.15) is 6.23 Å². The number of anilines is 1. The van der Waals surface area contributed by atoms with Crippen molar-refractivity contribution in [3.8, 4) is 5.88 Å². The van der Waals surface area contributed by atoms with Crippen LogP contribution in [0.15, 0.2) is 6.33 Å². The predicted molar refractivity (Wildman–Crippen MR) is 114 cm³/mol. The maximum Gasteiger partial charge on any atom is 0.403 e. The van der Waals surface area contributed by atoms with Gasteiger partial charge in [0, 0.05) is 12.5 Å². The van der Waals surface area contributed by atoms with Gasteiger partial charge in [-0.25, -0.2) is 14.6 Å². The number of hydrogen-bond donors (Lipinski definition) is 3. The van der Waals surface area contributed by atoms with Crippen LogP contribution in [-0.2, 0) is 23.4 Å². The number of nitrogens with zero attached hydrogens (tertiary/aromatic N) is 4. The fourth-order valence-electron chi connectivity index (χ4n) is 3.46. The number of esters is 1. The molecule has 1 unspecified atom stereocenters. The molecule has 0 radical (unpaired) electrons. The van der Waals surface area contributed by atoms with Crippen LogP contribution in [0.25, 0.3) is 11.2 Å². The average molecular weight is 472 g/mol. The minimum atomic E-state index is -4.09. The number of rotatable bonds is 11. The molecule has 0 aromatic carbocycles. The molecule has 0 amide bonds. The Balaban J connectivity index is 1.60. The molecule has 2 aromatic heterocycles. The molecule has 13 nitrogen and oxygen atoms in total. The van der Waals surface area contributed by atoms with Gasteiger partial charge in [-0.05, 0) is 20.3 Å². The molecule has 0 bridgehead atoms. The molecule has 4 atom stereocenters. The van der Waals surface area contributed by atoms with Crippen LogP contribution in [0.2, 0.25) is 0 Å². The number of imidazole rings is 1. The van der Waals surface area contributed by atoms with E-state index in [2.05, 4.69) is 20.0 Å². The zero-order chi connectivity index (χ0) is 23.3. The molecule has 1 aliphatic rings. The van der Waals surface area contributed by atoms with Crippen LogP contribution in [0.1, 0.15) is 39.8 Å². The van der Waals surface area contributed by atoms with E-state index in [4.69, 9.17) is 24.5 Å². The van der Waals surface area contributed by atoms with E-state index in [1.54, 1.807) is 17.8 Å². The molecule has 4 N–H and O–H groups in total. The Morgan fingerprint density at radius 3 is 2.91 bits per heavy atom. The van der Waals surface area contributed by atoms with Gasteiger partial charge < -0.3 is 24.8 Å². The summed E-state index contributed by atoms with van der Waals surface area (Å²) in [6.07, 6.45) is 1.28. The van der Waals surface area contributed by atoms with Crippen molar-refractivity contribution in [3.63, 3.8) is 0 Å². The predicted octanol–water partition coefficient (Wildman–Crippen LogP) is 1.39. The highest BCUT2D eigenvalue weighted by Gasteiger charge is 2.36. The lowest BCUT2D eigenvalue weighted by Crippen LogP contribution is -2.21. The van der Waals surface area contributed by atoms with E-state index in [1.165, 1.54) is 0 Å². The van der Waals surface area contributed by atoms with Crippen molar-refractivity contribution in [2.24, 2.45) is 5.92 Å². The van der Waals surface area contributed by atoms with E-state index in [1.807, 2.05) is 13.8 Å². The van der Waals surface area contributed by atoms with Gasteiger partial charge in [0.25, 0.3) is 0 Å². The highest BCUT2D eigenvalue weighted by Crippen LogP contribution is 2.41. The van der Waals surface area contributed by atoms with Crippen molar-refractivity contribution in [2.75, 3.05) is 32.1 Å². The number of carbonyl (C=O) groups is 1. The first-order valence-electron chi connectivity index (χ1n) is 10.4. The number of nitrogens with two attached hydrogens (primary N) is 1. The summed E-state index contributed by atoms with van der Waals surface area (Å²) in [7, 11) is -4.09. The summed E-state index contributed by atoms with van der Waals surface area (Å²) in [6.45, 7) is 6.02. The molecule has 0 spiro atoms. The maximum atomic E-state index is 12.2. The third-order valence-electron chi connectivity index (χ3n) is 4.80. The number of nitrogen functional groups attached to an aromatic ring is 1. The van der Waals surface area contributed by atoms with Crippen molar-refractivity contribution >= 4 is 30.8 Å². The van der Waals surface area contributed by atoms with Crippen LogP contribution < -0.4 is 15.6 Å². The van der Waals surface area contributed by atoms with E-state index < -0.39 is 26.0 Å². The minimum absolute atomic E-state index is 0.0385. The second-order valence-corrected chi connectivity index (χ2v) is 8.90. The van der Waals surface area contributed by atoms with E-state index in [0.717, 1.165) is 0 Å². The van der Waals surface area contributed by atoms with Gasteiger partial charge in [-0.3, -0.25) is 13.9 Å². The largest absolute Gasteiger partial charge is 0.476 e. The van der Waals surface area contributed by atoms with Crippen LogP contribution in [0.5, 0.6) is 5.88 Å². The standard InChI is InChI=1S/C18H29N6O7P/c1-4-28-13(25)6-7-21-32(26,27)30-9-12-8-11(3)17(31-12)24-10-20-14-15(24)22-18(19)23-16(14)29-5-2/h10-12,17H,4-9H2,1-3H3,(H2,19,22,23)(H2,21,26,27)/t11-,12-,17+/m0/s1. The van der Waals surface area contributed by atoms with Crippen molar-refractivity contribution in [1.29, 1.82) is 0 Å². The fraction of sp³-hybridized carbons (Fsp3) is 0.667. The van der Waals surface area contributed by atoms with Crippen LogP contribution in [0.4, 0.5) is 5.95 Å². The Hall–Kier alpha value is -2.31. The maximum absolute atomic E-state index is 12.2. The van der Waals surface area contributed by atoms with Gasteiger partial charge in [-0.1, -0.05) is 6.92 Å². The molecule has 2 aromatic rings. The summed E-state index contributed by atoms with van der Waals surface area (Å²) >= 11 is 0. The van der Waals surface area contributed by atoms with Crippen LogP contribution in [0, 0.1) is 5.92 Å². The molecule has 178 valence electrons. The first-order chi connectivity index (χ1) is 15.2. The third-order valence-corrected chi connectivity index (χ3v) is 5.92. The number of ether oxygens (including phenoxy) is 3. The van der Waals surface area contributed by atoms with Gasteiger partial charge in [0.2, 0.25) is 11.8 Å². The molecule has 3 heterocycles. The number of hydrogen-bond acceptors (Lipinski definition) is 10. The summed E-state index contributed by atoms with van der Waals surface area (Å²) in [5.74, 6) is -0.0550. The third kappa shape index (κ3) is 5.93. The van der Waals surface area contributed by atoms with Gasteiger partial charge in [0.15, 0.2) is 11.2 Å². The lowest BCUT2D eigenvalue weighted by Gasteiger charge is -2.19. The summed E-state index contributed by atoms with van der Waals surface area (Å²) < 4.78 is 35.4. The fourth-order valence-corrected chi connectivity index (χ4v) is 4.31. The van der Waals surface area contributed by atoms with Gasteiger partial charge in [-0.2, -0.15) is 9.97 Å². The lowest BCUT2D eigenvalue weighted by molar-refractivity contribution is -0.142. The van der Waals surface area contributed by atoms with Gasteiger partial charge in [0.05, 0.1) is 38.7 Å². The Kier molecular flexibility index (Phi) is 8.01. The molecule has 3 rings (SSSR count). The highest BCUT2D eigenvalue weighted by atomic mass is 31.2. The molecule has 0 aliphatic carbocycles. The van der Waals surface area contributed by atoms with Crippen molar-refractivity contribution in [3.05, 3.63) is 6.33 Å². The van der Waals surface area contributed by atoms with Crippen LogP contribution in [-0.4, -0.2) is 62.9 Å². The zero-order valence-corrected chi connectivity index (χ0v) is 19.2. The number of carbonyl (C=O) groups excluding carboxylic acids is 1. The first kappa shape index (κ1) is 24.3. The quantitative estimate of drug-likeness (QED) is 0.317. The normalized spacial score (nSPS) is 22.7. The van der Waals surface area contributed by atoms with Crippen molar-refractivity contribution in [2.45, 2.75) is 45.9 Å². The topological polar surface area (TPSA) is 173 Å². The van der Waals surface area contributed by atoms with E-state index in [0.29, 0.717) is 30.1 Å². The molecular formula is C18H29N6O7P. The van der Waals surface area contributed by atoms with E-state index >= 15 is 0 Å². The molecule has 0 saturated carbocycles. The summed E-state index contributed by atoms with van der Waals surface area (Å²) in [6, 6.07) is 0. The monoisotopic (exact) mass is 472 g/mol. The van der Waals surface area contributed by atoms with E-state index in [-0.39, 0.29) is 38.0 Å². The number of nitrogens with one attached hydrogen (secondary N) is 1. The van der Waals surface area contributed by atoms with Crippen LogP contribution >= 0.6 is 7.75 Å². The molecule has 1 saturated heterocycles. The smallest absolute Gasteiger partial charge is 0.403 e. The zero-order valence-electron chi connectivity index (χ0n) is 18.3. The Morgan fingerprint density at radius 2 is 2.19 bits per heavy atom. The molecular weight excluding hydrogens is 443 g/mol. The molecule has 1 aliphatic heterocycles.